The molecule has 6 atom stereocenters. The second-order valence-electron chi connectivity index (χ2n) is 18.3. The van der Waals surface area contributed by atoms with Crippen molar-refractivity contribution in [3.8, 4) is 0 Å². The molecule has 388 valence electrons. The monoisotopic (exact) mass is 1130 g/mol. The van der Waals surface area contributed by atoms with E-state index in [0.717, 1.165) is 45.9 Å². The van der Waals surface area contributed by atoms with Gasteiger partial charge in [0.25, 0.3) is 11.8 Å². The Labute approximate surface area is 461 Å². The fraction of sp³-hybridized carbons (Fsp3) is 0.172. The van der Waals surface area contributed by atoms with Crippen LogP contribution >= 0.6 is 46.4 Å². The van der Waals surface area contributed by atoms with Crippen LogP contribution in [0.1, 0.15) is 57.7 Å². The molecule has 2 aliphatic heterocycles. The van der Waals surface area contributed by atoms with Gasteiger partial charge >= 0.3 is 0 Å². The molecule has 0 spiro atoms. The fourth-order valence-electron chi connectivity index (χ4n) is 9.28. The van der Waals surface area contributed by atoms with Crippen LogP contribution in [0.15, 0.2) is 204 Å². The molecule has 2 amide bonds. The molecule has 4 heterocycles. The zero-order valence-electron chi connectivity index (χ0n) is 40.7. The van der Waals surface area contributed by atoms with E-state index in [1.807, 2.05) is 60.7 Å². The summed E-state index contributed by atoms with van der Waals surface area (Å²) >= 11 is 24.7. The molecule has 2 saturated heterocycles. The normalized spacial score (nSPS) is 19.9. The Morgan fingerprint density at radius 2 is 0.737 bits per heavy atom. The SMILES string of the molecule is CS(=O)(=O)c1ccc(C[C@@H]2O[C@@H](c3ccc(Cl)cc3)[C@@H](c3ccc(Cl)cc3)N(c3cccnc3)C2=O)cc1.CS(=O)(=O)c1ccc(C[C@H]2O[C@H](c3ccc(Cl)cc3)[C@H](c3ccc(Cl)cc3)N(c3cccnc3)C2=O)cc1. The third-order valence-corrected chi connectivity index (χ3v) is 16.3. The number of benzene rings is 6. The Morgan fingerprint density at radius 3 is 1.01 bits per heavy atom. The van der Waals surface area contributed by atoms with Crippen LogP contribution < -0.4 is 9.80 Å². The van der Waals surface area contributed by atoms with Gasteiger partial charge in [-0.15, -0.1) is 0 Å². The van der Waals surface area contributed by atoms with Crippen LogP contribution in [-0.4, -0.2) is 63.3 Å². The van der Waals surface area contributed by atoms with E-state index < -0.39 is 56.2 Å². The molecule has 18 heteroatoms. The van der Waals surface area contributed by atoms with Gasteiger partial charge in [-0.2, -0.15) is 0 Å². The van der Waals surface area contributed by atoms with Gasteiger partial charge in [0.05, 0.1) is 45.6 Å². The smallest absolute Gasteiger partial charge is 0.257 e. The Morgan fingerprint density at radius 1 is 0.434 bits per heavy atom. The third kappa shape index (κ3) is 12.7. The van der Waals surface area contributed by atoms with Crippen molar-refractivity contribution in [1.29, 1.82) is 0 Å². The second-order valence-corrected chi connectivity index (χ2v) is 24.0. The lowest BCUT2D eigenvalue weighted by molar-refractivity contribution is -0.145. The van der Waals surface area contributed by atoms with Gasteiger partial charge < -0.3 is 9.47 Å². The molecule has 76 heavy (non-hydrogen) atoms. The van der Waals surface area contributed by atoms with Crippen LogP contribution in [0.3, 0.4) is 0 Å². The highest BCUT2D eigenvalue weighted by atomic mass is 35.5. The summed E-state index contributed by atoms with van der Waals surface area (Å²) in [7, 11) is -6.66. The summed E-state index contributed by atoms with van der Waals surface area (Å²) in [6.45, 7) is 0. The lowest BCUT2D eigenvalue weighted by Gasteiger charge is -2.44. The Kier molecular flexibility index (Phi) is 16.7. The molecule has 12 nitrogen and oxygen atoms in total. The van der Waals surface area contributed by atoms with Gasteiger partial charge in [-0.1, -0.05) is 119 Å². The zero-order chi connectivity index (χ0) is 53.7. The average molecular weight is 1130 g/mol. The number of nitrogens with zero attached hydrogens (tertiary/aromatic N) is 4. The van der Waals surface area contributed by atoms with Crippen molar-refractivity contribution < 1.29 is 35.9 Å². The molecule has 2 aromatic heterocycles. The van der Waals surface area contributed by atoms with Crippen molar-refractivity contribution in [3.63, 3.8) is 0 Å². The van der Waals surface area contributed by atoms with E-state index >= 15 is 0 Å². The number of anilines is 2. The predicted octanol–water partition coefficient (Wildman–Crippen LogP) is 12.5. The van der Waals surface area contributed by atoms with Crippen molar-refractivity contribution in [2.45, 2.75) is 59.1 Å². The minimum Gasteiger partial charge on any atom is -0.358 e. The van der Waals surface area contributed by atoms with Crippen LogP contribution in [0.2, 0.25) is 20.1 Å². The van der Waals surface area contributed by atoms with Crippen LogP contribution in [0.25, 0.3) is 0 Å². The first-order valence-electron chi connectivity index (χ1n) is 23.8. The van der Waals surface area contributed by atoms with Crippen molar-refractivity contribution in [1.82, 2.24) is 9.97 Å². The van der Waals surface area contributed by atoms with Crippen molar-refractivity contribution in [3.05, 3.63) is 248 Å². The summed E-state index contributed by atoms with van der Waals surface area (Å²) in [5.74, 6) is -0.453. The Balaban J connectivity index is 0.000000186. The summed E-state index contributed by atoms with van der Waals surface area (Å²) in [4.78, 5) is 40.5. The average Bonchev–Trinajstić information content (AvgIpc) is 3.49. The van der Waals surface area contributed by atoms with E-state index in [4.69, 9.17) is 55.9 Å². The van der Waals surface area contributed by atoms with Crippen molar-refractivity contribution in [2.24, 2.45) is 0 Å². The van der Waals surface area contributed by atoms with Gasteiger partial charge in [0.15, 0.2) is 19.7 Å². The molecule has 0 radical (unpaired) electrons. The lowest BCUT2D eigenvalue weighted by Crippen LogP contribution is -2.51. The Hall–Kier alpha value is -6.46. The number of rotatable bonds is 12. The molecule has 0 aliphatic carbocycles. The summed E-state index contributed by atoms with van der Waals surface area (Å²) in [6.07, 6.45) is 6.74. The predicted molar refractivity (Wildman–Crippen MR) is 296 cm³/mol. The molecule has 0 N–H and O–H groups in total. The van der Waals surface area contributed by atoms with E-state index in [0.29, 0.717) is 31.5 Å². The number of morpholine rings is 2. The number of halogens is 4. The van der Waals surface area contributed by atoms with E-state index in [-0.39, 0.29) is 34.4 Å². The van der Waals surface area contributed by atoms with Crippen molar-refractivity contribution in [2.75, 3.05) is 22.3 Å². The summed E-state index contributed by atoms with van der Waals surface area (Å²) in [6, 6.07) is 48.7. The largest absolute Gasteiger partial charge is 0.358 e. The van der Waals surface area contributed by atoms with Gasteiger partial charge in [0.2, 0.25) is 0 Å². The summed E-state index contributed by atoms with van der Waals surface area (Å²) in [5, 5.41) is 2.36. The maximum absolute atomic E-state index is 14.1. The Bertz CT molecular complexity index is 3300. The lowest BCUT2D eigenvalue weighted by atomic mass is 9.90. The molecule has 8 aromatic rings. The first kappa shape index (κ1) is 54.3. The van der Waals surface area contributed by atoms with E-state index in [9.17, 15) is 26.4 Å². The number of amides is 2. The van der Waals surface area contributed by atoms with Crippen LogP contribution in [0.4, 0.5) is 11.4 Å². The molecule has 0 saturated carbocycles. The van der Waals surface area contributed by atoms with Crippen molar-refractivity contribution >= 4 is 89.3 Å². The molecule has 0 bridgehead atoms. The molecule has 10 rings (SSSR count). The van der Waals surface area contributed by atoms with Gasteiger partial charge in [-0.25, -0.2) is 16.8 Å². The quantitative estimate of drug-likeness (QED) is 0.115. The van der Waals surface area contributed by atoms with Gasteiger partial charge in [-0.3, -0.25) is 29.4 Å². The third-order valence-electron chi connectivity index (χ3n) is 13.0. The first-order valence-corrected chi connectivity index (χ1v) is 29.1. The standard InChI is InChI=1S/2C29H24Cl2N2O4S/c2*1-38(35,36)25-14-4-19(5-15-25)17-26-29(34)33(24-3-2-16-32-18-24)27(20-6-10-22(30)11-7-20)28(37-26)21-8-12-23(31)13-9-21/h2*2-16,18,26-28H,17H2,1H3/t2*26-,27+,28-/m10/s1. The number of ether oxygens (including phenoxy) is 2. The highest BCUT2D eigenvalue weighted by Crippen LogP contribution is 2.47. The van der Waals surface area contributed by atoms with E-state index in [2.05, 4.69) is 9.97 Å². The fourth-order valence-corrected chi connectivity index (χ4v) is 11.0. The molecular weight excluding hydrogens is 1090 g/mol. The minimum atomic E-state index is -3.33. The molecule has 2 fully saturated rings. The van der Waals surface area contributed by atoms with Crippen LogP contribution in [-0.2, 0) is 51.6 Å². The molecule has 6 aromatic carbocycles. The maximum Gasteiger partial charge on any atom is 0.257 e. The number of pyridine rings is 2. The highest BCUT2D eigenvalue weighted by molar-refractivity contribution is 7.91. The number of carbonyl (C=O) groups excluding carboxylic acids is 2. The van der Waals surface area contributed by atoms with Gasteiger partial charge in [0.1, 0.15) is 24.4 Å². The maximum atomic E-state index is 14.1. The van der Waals surface area contributed by atoms with Crippen LogP contribution in [0, 0.1) is 0 Å². The summed E-state index contributed by atoms with van der Waals surface area (Å²) in [5.41, 5.74) is 6.24. The number of aromatic nitrogens is 2. The second kappa shape index (κ2) is 23.4. The zero-order valence-corrected chi connectivity index (χ0v) is 45.4. The highest BCUT2D eigenvalue weighted by Gasteiger charge is 2.46. The molecule has 0 unspecified atom stereocenters. The number of hydrogen-bond donors (Lipinski definition) is 0. The minimum absolute atomic E-state index is 0.218. The number of hydrogen-bond acceptors (Lipinski definition) is 10. The topological polar surface area (TPSA) is 153 Å². The van der Waals surface area contributed by atoms with Crippen LogP contribution in [0.5, 0.6) is 0 Å². The van der Waals surface area contributed by atoms with E-state index in [1.54, 1.807) is 144 Å². The van der Waals surface area contributed by atoms with Gasteiger partial charge in [-0.05, 0) is 130 Å². The summed E-state index contributed by atoms with van der Waals surface area (Å²) < 4.78 is 60.7. The number of sulfone groups is 2. The molecular formula is C58H48Cl4N4O8S2. The first-order chi connectivity index (χ1) is 36.4. The molecule has 2 aliphatic rings. The number of carbonyl (C=O) groups is 2. The van der Waals surface area contributed by atoms with Gasteiger partial charge in [0, 0.05) is 57.8 Å². The van der Waals surface area contributed by atoms with E-state index in [1.165, 1.54) is 0 Å².